The predicted octanol–water partition coefficient (Wildman–Crippen LogP) is 3.56. The Morgan fingerprint density at radius 2 is 1.86 bits per heavy atom. The summed E-state index contributed by atoms with van der Waals surface area (Å²) in [6, 6.07) is 13.4. The van der Waals surface area contributed by atoms with Crippen molar-refractivity contribution < 1.29 is 19.4 Å². The summed E-state index contributed by atoms with van der Waals surface area (Å²) in [4.78, 5) is 23.0. The highest BCUT2D eigenvalue weighted by molar-refractivity contribution is 5.99. The Morgan fingerprint density at radius 3 is 2.48 bits per heavy atom. The maximum absolute atomic E-state index is 11.8. The molecule has 0 heterocycles. The van der Waals surface area contributed by atoms with E-state index in [1.165, 1.54) is 0 Å². The van der Waals surface area contributed by atoms with Crippen molar-refractivity contribution in [2.75, 3.05) is 5.32 Å². The molecule has 0 spiro atoms. The van der Waals surface area contributed by atoms with E-state index in [2.05, 4.69) is 5.32 Å². The molecule has 0 aliphatic rings. The lowest BCUT2D eigenvalue weighted by Gasteiger charge is -2.10. The van der Waals surface area contributed by atoms with Crippen LogP contribution in [0.2, 0.25) is 0 Å². The normalized spacial score (nSPS) is 9.95. The van der Waals surface area contributed by atoms with Crippen LogP contribution >= 0.6 is 0 Å². The van der Waals surface area contributed by atoms with Gasteiger partial charge in [0, 0.05) is 0 Å². The van der Waals surface area contributed by atoms with Crippen LogP contribution in [-0.4, -0.2) is 17.2 Å². The number of carbonyl (C=O) groups excluding carboxylic acids is 1. The highest BCUT2D eigenvalue weighted by Crippen LogP contribution is 2.19. The molecule has 0 aliphatic heterocycles. The molecule has 1 amide bonds. The second-order valence-corrected chi connectivity index (χ2v) is 4.37. The average molecular weight is 285 g/mol. The number of aryl methyl sites for hydroxylation is 1. The number of carboxylic acids is 1. The summed E-state index contributed by atoms with van der Waals surface area (Å²) in [6.07, 6.45) is -0.0115. The molecule has 0 fully saturated rings. The minimum atomic E-state index is -1.10. The van der Waals surface area contributed by atoms with Gasteiger partial charge < -0.3 is 9.84 Å². The molecule has 2 aromatic carbocycles. The number of carboxylic acid groups (broad SMARTS) is 1. The maximum atomic E-state index is 11.8. The van der Waals surface area contributed by atoms with E-state index in [-0.39, 0.29) is 11.3 Å². The Balaban J connectivity index is 2.15. The van der Waals surface area contributed by atoms with Crippen molar-refractivity contribution in [3.8, 4) is 5.75 Å². The van der Waals surface area contributed by atoms with Crippen LogP contribution in [0.15, 0.2) is 48.5 Å². The van der Waals surface area contributed by atoms with Crippen molar-refractivity contribution in [3.63, 3.8) is 0 Å². The Hall–Kier alpha value is -2.82. The van der Waals surface area contributed by atoms with Gasteiger partial charge in [-0.1, -0.05) is 31.2 Å². The SMILES string of the molecule is CCc1ccc(NC(=O)Oc2ccccc2)c(C(=O)O)c1. The summed E-state index contributed by atoms with van der Waals surface area (Å²) in [5.41, 5.74) is 1.13. The summed E-state index contributed by atoms with van der Waals surface area (Å²) in [6.45, 7) is 1.93. The van der Waals surface area contributed by atoms with E-state index in [0.29, 0.717) is 5.75 Å². The van der Waals surface area contributed by atoms with Crippen LogP contribution in [0.4, 0.5) is 10.5 Å². The van der Waals surface area contributed by atoms with Crippen molar-refractivity contribution in [1.29, 1.82) is 0 Å². The molecule has 0 aromatic heterocycles. The molecule has 21 heavy (non-hydrogen) atoms. The van der Waals surface area contributed by atoms with Gasteiger partial charge in [0.25, 0.3) is 0 Å². The number of carbonyl (C=O) groups is 2. The summed E-state index contributed by atoms with van der Waals surface area (Å²) in [5, 5.41) is 11.6. The van der Waals surface area contributed by atoms with Gasteiger partial charge in [-0.05, 0) is 36.2 Å². The summed E-state index contributed by atoms with van der Waals surface area (Å²) in [7, 11) is 0. The Bertz CT molecular complexity index is 653. The molecule has 0 saturated heterocycles. The molecule has 5 nitrogen and oxygen atoms in total. The first kappa shape index (κ1) is 14.6. The fraction of sp³-hybridized carbons (Fsp3) is 0.125. The summed E-state index contributed by atoms with van der Waals surface area (Å²) >= 11 is 0. The van der Waals surface area contributed by atoms with Crippen molar-refractivity contribution in [1.82, 2.24) is 0 Å². The number of ether oxygens (including phenoxy) is 1. The van der Waals surface area contributed by atoms with Crippen LogP contribution in [-0.2, 0) is 6.42 Å². The molecular weight excluding hydrogens is 270 g/mol. The number of rotatable bonds is 4. The maximum Gasteiger partial charge on any atom is 0.417 e. The molecule has 0 aliphatic carbocycles. The van der Waals surface area contributed by atoms with E-state index in [0.717, 1.165) is 12.0 Å². The van der Waals surface area contributed by atoms with Crippen LogP contribution in [0, 0.1) is 0 Å². The molecular formula is C16H15NO4. The number of amides is 1. The lowest BCUT2D eigenvalue weighted by Crippen LogP contribution is -2.18. The minimum Gasteiger partial charge on any atom is -0.478 e. The molecule has 0 saturated carbocycles. The zero-order valence-electron chi connectivity index (χ0n) is 11.5. The molecule has 108 valence electrons. The second kappa shape index (κ2) is 6.56. The highest BCUT2D eigenvalue weighted by atomic mass is 16.6. The van der Waals surface area contributed by atoms with Crippen LogP contribution < -0.4 is 10.1 Å². The number of hydrogen-bond donors (Lipinski definition) is 2. The lowest BCUT2D eigenvalue weighted by atomic mass is 10.1. The third-order valence-corrected chi connectivity index (χ3v) is 2.91. The fourth-order valence-electron chi connectivity index (χ4n) is 1.83. The molecule has 0 bridgehead atoms. The van der Waals surface area contributed by atoms with E-state index >= 15 is 0 Å². The molecule has 0 atom stereocenters. The zero-order valence-corrected chi connectivity index (χ0v) is 11.5. The number of anilines is 1. The van der Waals surface area contributed by atoms with E-state index in [9.17, 15) is 14.7 Å². The molecule has 2 N–H and O–H groups in total. The third-order valence-electron chi connectivity index (χ3n) is 2.91. The van der Waals surface area contributed by atoms with E-state index in [1.807, 2.05) is 6.92 Å². The van der Waals surface area contributed by atoms with Gasteiger partial charge >= 0.3 is 12.1 Å². The van der Waals surface area contributed by atoms with Gasteiger partial charge in [0.2, 0.25) is 0 Å². The molecule has 0 unspecified atom stereocenters. The van der Waals surface area contributed by atoms with Crippen LogP contribution in [0.1, 0.15) is 22.8 Å². The number of nitrogens with one attached hydrogen (secondary N) is 1. The number of aromatic carboxylic acids is 1. The van der Waals surface area contributed by atoms with Gasteiger partial charge in [0.15, 0.2) is 0 Å². The van der Waals surface area contributed by atoms with Crippen molar-refractivity contribution >= 4 is 17.7 Å². The van der Waals surface area contributed by atoms with Crippen LogP contribution in [0.25, 0.3) is 0 Å². The first-order chi connectivity index (χ1) is 10.1. The largest absolute Gasteiger partial charge is 0.478 e. The fourth-order valence-corrected chi connectivity index (χ4v) is 1.83. The van der Waals surface area contributed by atoms with Gasteiger partial charge in [-0.15, -0.1) is 0 Å². The second-order valence-electron chi connectivity index (χ2n) is 4.37. The summed E-state index contributed by atoms with van der Waals surface area (Å²) < 4.78 is 5.07. The number of benzene rings is 2. The highest BCUT2D eigenvalue weighted by Gasteiger charge is 2.14. The van der Waals surface area contributed by atoms with Crippen molar-refractivity contribution in [2.45, 2.75) is 13.3 Å². The molecule has 0 radical (unpaired) electrons. The number of para-hydroxylation sites is 1. The predicted molar refractivity (Wildman–Crippen MR) is 78.9 cm³/mol. The van der Waals surface area contributed by atoms with E-state index < -0.39 is 12.1 Å². The number of hydrogen-bond acceptors (Lipinski definition) is 3. The quantitative estimate of drug-likeness (QED) is 0.900. The van der Waals surface area contributed by atoms with Crippen molar-refractivity contribution in [2.24, 2.45) is 0 Å². The van der Waals surface area contributed by atoms with Gasteiger partial charge in [-0.3, -0.25) is 5.32 Å². The monoisotopic (exact) mass is 285 g/mol. The Kier molecular flexibility index (Phi) is 4.56. The Labute approximate surface area is 122 Å². The van der Waals surface area contributed by atoms with Crippen LogP contribution in [0.5, 0.6) is 5.75 Å². The van der Waals surface area contributed by atoms with E-state index in [4.69, 9.17) is 4.74 Å². The van der Waals surface area contributed by atoms with Crippen LogP contribution in [0.3, 0.4) is 0 Å². The first-order valence-electron chi connectivity index (χ1n) is 6.50. The molecule has 2 aromatic rings. The lowest BCUT2D eigenvalue weighted by molar-refractivity contribution is 0.0698. The average Bonchev–Trinajstić information content (AvgIpc) is 2.48. The zero-order chi connectivity index (χ0) is 15.2. The Morgan fingerprint density at radius 1 is 1.14 bits per heavy atom. The van der Waals surface area contributed by atoms with Gasteiger partial charge in [-0.25, -0.2) is 9.59 Å². The first-order valence-corrected chi connectivity index (χ1v) is 6.50. The topological polar surface area (TPSA) is 75.6 Å². The smallest absolute Gasteiger partial charge is 0.417 e. The van der Waals surface area contributed by atoms with Crippen molar-refractivity contribution in [3.05, 3.63) is 59.7 Å². The van der Waals surface area contributed by atoms with Gasteiger partial charge in [0.1, 0.15) is 5.75 Å². The van der Waals surface area contributed by atoms with Gasteiger partial charge in [-0.2, -0.15) is 0 Å². The minimum absolute atomic E-state index is 0.0411. The molecule has 5 heteroatoms. The summed E-state index contributed by atoms with van der Waals surface area (Å²) in [5.74, 6) is -0.711. The van der Waals surface area contributed by atoms with Gasteiger partial charge in [0.05, 0.1) is 11.3 Å². The standard InChI is InChI=1S/C16H15NO4/c1-2-11-8-9-14(13(10-11)15(18)19)17-16(20)21-12-6-4-3-5-7-12/h3-10H,2H2,1H3,(H,17,20)(H,18,19). The molecule has 2 rings (SSSR count). The van der Waals surface area contributed by atoms with E-state index in [1.54, 1.807) is 48.5 Å². The third kappa shape index (κ3) is 3.82.